The summed E-state index contributed by atoms with van der Waals surface area (Å²) in [5.74, 6) is -0.404. The van der Waals surface area contributed by atoms with Gasteiger partial charge in [0.25, 0.3) is 0 Å². The van der Waals surface area contributed by atoms with Crippen LogP contribution in [0.4, 0.5) is 5.69 Å². The number of carbonyl (C=O) groups excluding carboxylic acids is 1. The van der Waals surface area contributed by atoms with Gasteiger partial charge in [-0.15, -0.1) is 0 Å². The smallest absolute Gasteiger partial charge is 0.357 e. The Morgan fingerprint density at radius 3 is 2.65 bits per heavy atom. The number of esters is 1. The molecule has 0 aliphatic heterocycles. The van der Waals surface area contributed by atoms with Gasteiger partial charge in [0, 0.05) is 11.9 Å². The van der Waals surface area contributed by atoms with Gasteiger partial charge in [0.15, 0.2) is 5.69 Å². The van der Waals surface area contributed by atoms with Crippen LogP contribution in [0.3, 0.4) is 0 Å². The minimum absolute atomic E-state index is 0.332. The van der Waals surface area contributed by atoms with Crippen molar-refractivity contribution in [3.8, 4) is 5.69 Å². The summed E-state index contributed by atoms with van der Waals surface area (Å²) in [6, 6.07) is 11.2. The second-order valence-electron chi connectivity index (χ2n) is 3.55. The molecule has 2 rings (SSSR count). The number of nitrogens with zero attached hydrogens (tertiary/aromatic N) is 1. The average Bonchev–Trinajstić information content (AvgIpc) is 2.73. The summed E-state index contributed by atoms with van der Waals surface area (Å²) >= 11 is 0. The van der Waals surface area contributed by atoms with E-state index in [4.69, 9.17) is 10.5 Å². The van der Waals surface area contributed by atoms with E-state index < -0.39 is 5.97 Å². The van der Waals surface area contributed by atoms with E-state index in [2.05, 4.69) is 0 Å². The molecule has 0 radical (unpaired) electrons. The molecule has 4 nitrogen and oxygen atoms in total. The van der Waals surface area contributed by atoms with Crippen molar-refractivity contribution in [3.05, 3.63) is 48.3 Å². The third kappa shape index (κ3) is 2.15. The highest BCUT2D eigenvalue weighted by Gasteiger charge is 2.17. The van der Waals surface area contributed by atoms with Gasteiger partial charge in [0.2, 0.25) is 0 Å². The molecule has 0 amide bonds. The van der Waals surface area contributed by atoms with Crippen molar-refractivity contribution in [1.82, 2.24) is 4.57 Å². The average molecular weight is 230 g/mol. The monoisotopic (exact) mass is 230 g/mol. The van der Waals surface area contributed by atoms with Crippen molar-refractivity contribution >= 4 is 11.7 Å². The molecule has 0 aliphatic carbocycles. The lowest BCUT2D eigenvalue weighted by Crippen LogP contribution is -2.12. The maximum atomic E-state index is 11.8. The Labute approximate surface area is 99.6 Å². The van der Waals surface area contributed by atoms with Gasteiger partial charge in [0.1, 0.15) is 0 Å². The minimum atomic E-state index is -0.404. The van der Waals surface area contributed by atoms with E-state index >= 15 is 0 Å². The first-order chi connectivity index (χ1) is 8.24. The highest BCUT2D eigenvalue weighted by atomic mass is 16.5. The fourth-order valence-electron chi connectivity index (χ4n) is 1.67. The molecule has 2 aromatic rings. The molecule has 1 aromatic carbocycles. The zero-order valence-corrected chi connectivity index (χ0v) is 9.59. The molecule has 1 aromatic heterocycles. The predicted molar refractivity (Wildman–Crippen MR) is 66.1 cm³/mol. The minimum Gasteiger partial charge on any atom is -0.461 e. The van der Waals surface area contributed by atoms with E-state index in [9.17, 15) is 4.79 Å². The lowest BCUT2D eigenvalue weighted by Gasteiger charge is -2.09. The zero-order chi connectivity index (χ0) is 12.3. The van der Waals surface area contributed by atoms with Crippen molar-refractivity contribution in [1.29, 1.82) is 0 Å². The number of hydrogen-bond donors (Lipinski definition) is 1. The molecule has 2 N–H and O–H groups in total. The Morgan fingerprint density at radius 2 is 2.00 bits per heavy atom. The number of benzene rings is 1. The molecule has 0 spiro atoms. The van der Waals surface area contributed by atoms with Gasteiger partial charge in [-0.25, -0.2) is 4.79 Å². The van der Waals surface area contributed by atoms with Crippen molar-refractivity contribution in [2.75, 3.05) is 12.3 Å². The van der Waals surface area contributed by atoms with Crippen LogP contribution < -0.4 is 5.73 Å². The van der Waals surface area contributed by atoms with Gasteiger partial charge in [-0.1, -0.05) is 18.2 Å². The maximum Gasteiger partial charge on any atom is 0.357 e. The molecule has 4 heteroatoms. The fraction of sp³-hybridized carbons (Fsp3) is 0.154. The first-order valence-corrected chi connectivity index (χ1v) is 5.43. The summed E-state index contributed by atoms with van der Waals surface area (Å²) < 4.78 is 6.72. The number of nitrogens with two attached hydrogens (primary N) is 1. The van der Waals surface area contributed by atoms with E-state index in [1.807, 2.05) is 30.3 Å². The number of nitrogen functional groups attached to an aromatic ring is 1. The quantitative estimate of drug-likeness (QED) is 0.822. The van der Waals surface area contributed by atoms with Gasteiger partial charge in [-0.05, 0) is 25.1 Å². The Bertz CT molecular complexity index is 517. The van der Waals surface area contributed by atoms with Crippen molar-refractivity contribution in [2.24, 2.45) is 0 Å². The summed E-state index contributed by atoms with van der Waals surface area (Å²) in [6.45, 7) is 2.10. The second-order valence-corrected chi connectivity index (χ2v) is 3.55. The number of para-hydroxylation sites is 1. The van der Waals surface area contributed by atoms with Crippen LogP contribution in [-0.2, 0) is 4.74 Å². The molecule has 0 fully saturated rings. The van der Waals surface area contributed by atoms with Crippen LogP contribution in [0.1, 0.15) is 17.4 Å². The first kappa shape index (κ1) is 11.3. The number of anilines is 1. The molecule has 1 heterocycles. The Kier molecular flexibility index (Phi) is 3.14. The number of aromatic nitrogens is 1. The van der Waals surface area contributed by atoms with Gasteiger partial charge in [0.05, 0.1) is 12.3 Å². The molecule has 17 heavy (non-hydrogen) atoms. The highest BCUT2D eigenvalue weighted by Crippen LogP contribution is 2.19. The van der Waals surface area contributed by atoms with Crippen molar-refractivity contribution in [3.63, 3.8) is 0 Å². The van der Waals surface area contributed by atoms with E-state index in [1.54, 1.807) is 23.8 Å². The van der Waals surface area contributed by atoms with Crippen molar-refractivity contribution in [2.45, 2.75) is 6.92 Å². The molecule has 0 aliphatic rings. The van der Waals surface area contributed by atoms with Gasteiger partial charge >= 0.3 is 5.97 Å². The van der Waals surface area contributed by atoms with Crippen LogP contribution >= 0.6 is 0 Å². The first-order valence-electron chi connectivity index (χ1n) is 5.43. The molecular weight excluding hydrogens is 216 g/mol. The van der Waals surface area contributed by atoms with Crippen LogP contribution in [0.25, 0.3) is 5.69 Å². The van der Waals surface area contributed by atoms with Gasteiger partial charge < -0.3 is 15.0 Å². The Balaban J connectivity index is 2.46. The number of rotatable bonds is 3. The maximum absolute atomic E-state index is 11.8. The van der Waals surface area contributed by atoms with Gasteiger partial charge in [-0.3, -0.25) is 0 Å². The van der Waals surface area contributed by atoms with E-state index in [1.165, 1.54) is 0 Å². The van der Waals surface area contributed by atoms with E-state index in [-0.39, 0.29) is 0 Å². The molecule has 0 bridgehead atoms. The Morgan fingerprint density at radius 1 is 1.29 bits per heavy atom. The van der Waals surface area contributed by atoms with E-state index in [0.29, 0.717) is 18.0 Å². The standard InChI is InChI=1S/C13H14N2O2/c1-2-17-13(16)12-11(14)8-9-15(12)10-6-4-3-5-7-10/h3-9H,2,14H2,1H3. The van der Waals surface area contributed by atoms with Crippen LogP contribution in [0, 0.1) is 0 Å². The summed E-state index contributed by atoms with van der Waals surface area (Å²) in [4.78, 5) is 11.8. The summed E-state index contributed by atoms with van der Waals surface area (Å²) in [5, 5.41) is 0. The van der Waals surface area contributed by atoms with Crippen LogP contribution in [0.2, 0.25) is 0 Å². The largest absolute Gasteiger partial charge is 0.461 e. The molecule has 0 atom stereocenters. The molecule has 0 saturated carbocycles. The Hall–Kier alpha value is -2.23. The normalized spacial score (nSPS) is 10.2. The fourth-order valence-corrected chi connectivity index (χ4v) is 1.67. The summed E-state index contributed by atoms with van der Waals surface area (Å²) in [6.07, 6.45) is 1.76. The highest BCUT2D eigenvalue weighted by molar-refractivity contribution is 5.94. The van der Waals surface area contributed by atoms with Crippen LogP contribution in [-0.4, -0.2) is 17.1 Å². The second kappa shape index (κ2) is 4.74. The number of ether oxygens (including phenoxy) is 1. The van der Waals surface area contributed by atoms with Gasteiger partial charge in [-0.2, -0.15) is 0 Å². The predicted octanol–water partition coefficient (Wildman–Crippen LogP) is 2.24. The lowest BCUT2D eigenvalue weighted by molar-refractivity contribution is 0.0518. The topological polar surface area (TPSA) is 57.2 Å². The molecule has 0 unspecified atom stereocenters. The summed E-state index contributed by atoms with van der Waals surface area (Å²) in [7, 11) is 0. The lowest BCUT2D eigenvalue weighted by atomic mass is 10.3. The molecule has 88 valence electrons. The third-order valence-electron chi connectivity index (χ3n) is 2.42. The zero-order valence-electron chi connectivity index (χ0n) is 9.59. The van der Waals surface area contributed by atoms with Crippen LogP contribution in [0.5, 0.6) is 0 Å². The van der Waals surface area contributed by atoms with E-state index in [0.717, 1.165) is 5.69 Å². The summed E-state index contributed by atoms with van der Waals surface area (Å²) in [5.41, 5.74) is 7.47. The number of hydrogen-bond acceptors (Lipinski definition) is 3. The number of carbonyl (C=O) groups is 1. The van der Waals surface area contributed by atoms with Crippen LogP contribution in [0.15, 0.2) is 42.6 Å². The third-order valence-corrected chi connectivity index (χ3v) is 2.42. The SMILES string of the molecule is CCOC(=O)c1c(N)ccn1-c1ccccc1. The van der Waals surface area contributed by atoms with Crippen molar-refractivity contribution < 1.29 is 9.53 Å². The molecular formula is C13H14N2O2. The molecule has 0 saturated heterocycles.